The van der Waals surface area contributed by atoms with Crippen LogP contribution in [0.2, 0.25) is 0 Å². The van der Waals surface area contributed by atoms with Gasteiger partial charge in [0.2, 0.25) is 0 Å². The molecule has 7 heteroatoms. The van der Waals surface area contributed by atoms with Crippen molar-refractivity contribution < 1.29 is 24.7 Å². The molecule has 0 spiro atoms. The van der Waals surface area contributed by atoms with Gasteiger partial charge in [-0.1, -0.05) is 0 Å². The monoisotopic (exact) mass is 250 g/mol. The van der Waals surface area contributed by atoms with Gasteiger partial charge in [-0.15, -0.1) is 0 Å². The largest absolute Gasteiger partial charge is 0.628 e. The van der Waals surface area contributed by atoms with Crippen LogP contribution in [0.5, 0.6) is 0 Å². The molecule has 15 heavy (non-hydrogen) atoms. The summed E-state index contributed by atoms with van der Waals surface area (Å²) in [6.45, 7) is -0.147. The number of nitrogens with zero attached hydrogens (tertiary/aromatic N) is 1. The molecule has 3 N–H and O–H groups in total. The molecule has 0 aliphatic heterocycles. The van der Waals surface area contributed by atoms with Crippen LogP contribution in [0.25, 0.3) is 0 Å². The van der Waals surface area contributed by atoms with Crippen LogP contribution in [0.3, 0.4) is 0 Å². The van der Waals surface area contributed by atoms with E-state index in [4.69, 9.17) is 10.2 Å². The molecule has 5 nitrogen and oxygen atoms in total. The average Bonchev–Trinajstić information content (AvgIpc) is 2.00. The summed E-state index contributed by atoms with van der Waals surface area (Å²) in [5, 5.41) is 27.0. The van der Waals surface area contributed by atoms with Gasteiger partial charge in [-0.2, -0.15) is 0 Å². The van der Waals surface area contributed by atoms with E-state index in [0.717, 1.165) is 0 Å². The smallest absolute Gasteiger partial charge is 0.316 e. The number of aliphatic hydroxyl groups excluding tert-OH is 3. The molecule has 0 bridgehead atoms. The Balaban J connectivity index is 0. The fraction of sp³-hybridized carbons (Fsp3) is 0.875. The molecule has 0 saturated carbocycles. The zero-order chi connectivity index (χ0) is 11.4. The van der Waals surface area contributed by atoms with E-state index in [9.17, 15) is 10.00 Å². The van der Waals surface area contributed by atoms with Crippen LogP contribution in [-0.4, -0.2) is 94.9 Å². The molecule has 2 unspecified atom stereocenters. The van der Waals surface area contributed by atoms with E-state index in [1.165, 1.54) is 0 Å². The predicted octanol–water partition coefficient (Wildman–Crippen LogP) is -2.61. The van der Waals surface area contributed by atoms with Crippen LogP contribution in [0.1, 0.15) is 0 Å². The molecule has 0 saturated heterocycles. The summed E-state index contributed by atoms with van der Waals surface area (Å²) in [6.07, 6.45) is -1.11. The van der Waals surface area contributed by atoms with E-state index in [2.05, 4.69) is 0 Å². The van der Waals surface area contributed by atoms with Gasteiger partial charge in [-0.3, -0.25) is 0 Å². The van der Waals surface area contributed by atoms with Gasteiger partial charge in [0.15, 0.2) is 6.54 Å². The minimum Gasteiger partial charge on any atom is -0.628 e. The Morgan fingerprint density at radius 2 is 1.87 bits per heavy atom. The normalized spacial score (nSPS) is 15.4. The second-order valence-corrected chi connectivity index (χ2v) is 5.90. The molecule has 0 aromatic rings. The van der Waals surface area contributed by atoms with Gasteiger partial charge in [-0.05, 0) is 0 Å². The minimum absolute atomic E-state index is 0. The molecule has 0 aliphatic carbocycles. The Kier molecular flexibility index (Phi) is 9.56. The number of quaternary nitrogens is 1. The highest BCUT2D eigenvalue weighted by atomic mass is 31.1. The van der Waals surface area contributed by atoms with Crippen LogP contribution in [-0.2, 0) is 0 Å². The lowest BCUT2D eigenvalue weighted by Gasteiger charge is -2.22. The highest BCUT2D eigenvalue weighted by Gasteiger charge is 2.19. The number of aliphatic hydroxyl groups is 3. The molecule has 2 atom stereocenters. The van der Waals surface area contributed by atoms with E-state index in [0.29, 0.717) is 4.48 Å². The average molecular weight is 251 g/mol. The van der Waals surface area contributed by atoms with Crippen molar-refractivity contribution in [1.29, 1.82) is 0 Å². The Labute approximate surface area is 108 Å². The van der Waals surface area contributed by atoms with Gasteiger partial charge in [0.1, 0.15) is 12.3 Å². The summed E-state index contributed by atoms with van der Waals surface area (Å²) >= 11 is 0. The summed E-state index contributed by atoms with van der Waals surface area (Å²) in [5.41, 5.74) is -0.111. The maximum atomic E-state index is 11.4. The van der Waals surface area contributed by atoms with Gasteiger partial charge in [0, 0.05) is 0 Å². The first kappa shape index (κ1) is 18.1. The lowest BCUT2D eigenvalue weighted by molar-refractivity contribution is -0.861. The number of hydrogen-bond donors (Lipinski definition) is 3. The maximum Gasteiger partial charge on any atom is 0.316 e. The molecule has 88 valence electrons. The summed E-state index contributed by atoms with van der Waals surface area (Å²) in [6, 6.07) is 0. The van der Waals surface area contributed by atoms with E-state index in [-0.39, 0.29) is 41.2 Å². The van der Waals surface area contributed by atoms with Gasteiger partial charge in [-0.25, -0.2) is 0 Å². The SMILES string of the molecule is C[N+](C)(C)C/C(O)=[P+](\[O-])CC(O)CO.[MgH2]. The standard InChI is InChI=1S/C8H18NO4P.Mg.2H/c1-9(2,3)4-8(12)14(13)6-7(11)5-10;;;/h7,10-11H,4-6H2,1-3H3;;;/p+1. The van der Waals surface area contributed by atoms with Gasteiger partial charge >= 0.3 is 23.1 Å². The molecule has 0 radical (unpaired) electrons. The Bertz CT molecular complexity index is 217. The number of likely N-dealkylation sites (N-methyl/N-ethyl adjacent to an activating group) is 1. The lowest BCUT2D eigenvalue weighted by Crippen LogP contribution is -2.40. The molecular weight excluding hydrogens is 229 g/mol. The third-order valence-corrected chi connectivity index (χ3v) is 2.96. The first-order valence-electron chi connectivity index (χ1n) is 4.35. The van der Waals surface area contributed by atoms with Gasteiger partial charge in [0.05, 0.1) is 35.5 Å². The molecule has 0 fully saturated rings. The second-order valence-electron chi connectivity index (χ2n) is 4.26. The van der Waals surface area contributed by atoms with Crippen LogP contribution >= 0.6 is 7.77 Å². The highest BCUT2D eigenvalue weighted by Crippen LogP contribution is 2.15. The first-order valence-corrected chi connectivity index (χ1v) is 5.79. The molecule has 0 aliphatic rings. The van der Waals surface area contributed by atoms with Crippen molar-refractivity contribution >= 4 is 36.3 Å². The maximum absolute atomic E-state index is 11.4. The molecule has 0 aromatic heterocycles. The van der Waals surface area contributed by atoms with Crippen molar-refractivity contribution in [2.24, 2.45) is 0 Å². The van der Waals surface area contributed by atoms with Crippen molar-refractivity contribution in [3.63, 3.8) is 0 Å². The minimum atomic E-state index is -1.95. The fourth-order valence-electron chi connectivity index (χ4n) is 0.858. The third-order valence-electron chi connectivity index (χ3n) is 1.49. The summed E-state index contributed by atoms with van der Waals surface area (Å²) in [7, 11) is 3.63. The third kappa shape index (κ3) is 9.65. The molecule has 0 amide bonds. The highest BCUT2D eigenvalue weighted by molar-refractivity contribution is 7.51. The summed E-state index contributed by atoms with van der Waals surface area (Å²) in [5.74, 6) is 0. The van der Waals surface area contributed by atoms with Crippen LogP contribution in [0.15, 0.2) is 0 Å². The van der Waals surface area contributed by atoms with Crippen LogP contribution in [0.4, 0.5) is 0 Å². The van der Waals surface area contributed by atoms with E-state index in [1.54, 1.807) is 0 Å². The molecule has 0 aromatic carbocycles. The van der Waals surface area contributed by atoms with E-state index >= 15 is 0 Å². The topological polar surface area (TPSA) is 83.8 Å². The van der Waals surface area contributed by atoms with Crippen LogP contribution < -0.4 is 4.89 Å². The molecule has 0 heterocycles. The van der Waals surface area contributed by atoms with Crippen LogP contribution in [0, 0.1) is 0 Å². The summed E-state index contributed by atoms with van der Waals surface area (Å²) < 4.78 is 0.474. The van der Waals surface area contributed by atoms with Crippen molar-refractivity contribution in [1.82, 2.24) is 0 Å². The Hall–Kier alpha value is 0.736. The van der Waals surface area contributed by atoms with E-state index in [1.807, 2.05) is 21.1 Å². The Morgan fingerprint density at radius 1 is 1.40 bits per heavy atom. The second kappa shape index (κ2) is 7.92. The molecular formula is C8H21MgNO4P+. The fourth-order valence-corrected chi connectivity index (χ4v) is 2.15. The van der Waals surface area contributed by atoms with Crippen molar-refractivity contribution in [2.45, 2.75) is 6.10 Å². The zero-order valence-corrected chi connectivity index (χ0v) is 9.74. The van der Waals surface area contributed by atoms with Crippen molar-refractivity contribution in [2.75, 3.05) is 40.5 Å². The van der Waals surface area contributed by atoms with Gasteiger partial charge < -0.3 is 24.7 Å². The van der Waals surface area contributed by atoms with Crippen molar-refractivity contribution in [3.05, 3.63) is 0 Å². The first-order chi connectivity index (χ1) is 6.26. The number of hydrogen-bond acceptors (Lipinski definition) is 3. The van der Waals surface area contributed by atoms with E-state index < -0.39 is 20.5 Å². The zero-order valence-electron chi connectivity index (χ0n) is 8.84. The molecule has 0 rings (SSSR count). The van der Waals surface area contributed by atoms with Gasteiger partial charge in [0.25, 0.3) is 5.48 Å². The predicted molar refractivity (Wildman–Crippen MR) is 63.3 cm³/mol. The van der Waals surface area contributed by atoms with Crippen molar-refractivity contribution in [3.8, 4) is 0 Å². The number of rotatable bonds is 5. The lowest BCUT2D eigenvalue weighted by atomic mass is 10.4. The Morgan fingerprint density at radius 3 is 2.20 bits per heavy atom. The quantitative estimate of drug-likeness (QED) is 0.284. The summed E-state index contributed by atoms with van der Waals surface area (Å²) in [4.78, 5) is 11.4.